The van der Waals surface area contributed by atoms with Crippen LogP contribution in [0.15, 0.2) is 34.2 Å². The quantitative estimate of drug-likeness (QED) is 0.942. The predicted molar refractivity (Wildman–Crippen MR) is 71.6 cm³/mol. The number of rotatable bonds is 3. The summed E-state index contributed by atoms with van der Waals surface area (Å²) in [5.41, 5.74) is 8.32. The Morgan fingerprint density at radius 3 is 3.00 bits per heavy atom. The van der Waals surface area contributed by atoms with E-state index in [1.807, 2.05) is 19.1 Å². The zero-order chi connectivity index (χ0) is 11.5. The van der Waals surface area contributed by atoms with Crippen LogP contribution in [0.1, 0.15) is 22.2 Å². The van der Waals surface area contributed by atoms with Crippen LogP contribution in [0.3, 0.4) is 0 Å². The van der Waals surface area contributed by atoms with E-state index >= 15 is 0 Å². The van der Waals surface area contributed by atoms with Gasteiger partial charge in [0.1, 0.15) is 0 Å². The summed E-state index contributed by atoms with van der Waals surface area (Å²) in [5.74, 6) is 0. The summed E-state index contributed by atoms with van der Waals surface area (Å²) in [4.78, 5) is 5.63. The van der Waals surface area contributed by atoms with Crippen molar-refractivity contribution in [3.8, 4) is 0 Å². The van der Waals surface area contributed by atoms with E-state index in [9.17, 15) is 0 Å². The third kappa shape index (κ3) is 2.70. The minimum absolute atomic E-state index is 0.0215. The van der Waals surface area contributed by atoms with E-state index in [0.717, 1.165) is 22.2 Å². The van der Waals surface area contributed by atoms with Crippen molar-refractivity contribution in [3.05, 3.63) is 50.4 Å². The van der Waals surface area contributed by atoms with E-state index < -0.39 is 0 Å². The predicted octanol–water partition coefficient (Wildman–Crippen LogP) is 3.46. The zero-order valence-electron chi connectivity index (χ0n) is 8.98. The fraction of sp³-hybridized carbons (Fsp3) is 0.250. The first-order valence-corrected chi connectivity index (χ1v) is 6.74. The van der Waals surface area contributed by atoms with Crippen LogP contribution in [0.2, 0.25) is 0 Å². The summed E-state index contributed by atoms with van der Waals surface area (Å²) in [6.07, 6.45) is 2.64. The Morgan fingerprint density at radius 1 is 1.56 bits per heavy atom. The van der Waals surface area contributed by atoms with Crippen molar-refractivity contribution < 1.29 is 0 Å². The highest BCUT2D eigenvalue weighted by Crippen LogP contribution is 2.24. The van der Waals surface area contributed by atoms with Gasteiger partial charge in [-0.25, -0.2) is 0 Å². The van der Waals surface area contributed by atoms with Crippen molar-refractivity contribution >= 4 is 27.3 Å². The SMILES string of the molecule is Cc1cccnc1C(N)Cc1cc(Br)cs1. The van der Waals surface area contributed by atoms with E-state index in [4.69, 9.17) is 5.73 Å². The van der Waals surface area contributed by atoms with Crippen molar-refractivity contribution in [3.63, 3.8) is 0 Å². The number of halogens is 1. The average molecular weight is 297 g/mol. The number of hydrogen-bond donors (Lipinski definition) is 1. The van der Waals surface area contributed by atoms with Gasteiger partial charge in [0.05, 0.1) is 11.7 Å². The molecule has 2 N–H and O–H groups in total. The van der Waals surface area contributed by atoms with E-state index in [0.29, 0.717) is 0 Å². The Bertz CT molecular complexity index is 481. The number of pyridine rings is 1. The van der Waals surface area contributed by atoms with E-state index in [-0.39, 0.29) is 6.04 Å². The number of hydrogen-bond acceptors (Lipinski definition) is 3. The fourth-order valence-corrected chi connectivity index (χ4v) is 3.17. The second-order valence-corrected chi connectivity index (χ2v) is 5.66. The van der Waals surface area contributed by atoms with Crippen LogP contribution >= 0.6 is 27.3 Å². The molecule has 0 aliphatic carbocycles. The lowest BCUT2D eigenvalue weighted by Crippen LogP contribution is -2.15. The van der Waals surface area contributed by atoms with Gasteiger partial charge in [0.25, 0.3) is 0 Å². The van der Waals surface area contributed by atoms with Crippen LogP contribution in [-0.2, 0) is 6.42 Å². The summed E-state index contributed by atoms with van der Waals surface area (Å²) < 4.78 is 1.12. The number of nitrogens with two attached hydrogens (primary N) is 1. The van der Waals surface area contributed by atoms with Crippen molar-refractivity contribution in [2.45, 2.75) is 19.4 Å². The Kier molecular flexibility index (Phi) is 3.74. The molecule has 0 saturated heterocycles. The number of aryl methyl sites for hydroxylation is 1. The minimum atomic E-state index is -0.0215. The van der Waals surface area contributed by atoms with Crippen LogP contribution in [0.25, 0.3) is 0 Å². The van der Waals surface area contributed by atoms with Crippen molar-refractivity contribution in [1.82, 2.24) is 4.98 Å². The van der Waals surface area contributed by atoms with Gasteiger partial charge in [0.2, 0.25) is 0 Å². The maximum Gasteiger partial charge on any atom is 0.0603 e. The van der Waals surface area contributed by atoms with Gasteiger partial charge in [-0.2, -0.15) is 0 Å². The summed E-state index contributed by atoms with van der Waals surface area (Å²) in [6, 6.07) is 6.08. The molecule has 0 aliphatic rings. The normalized spacial score (nSPS) is 12.7. The van der Waals surface area contributed by atoms with Crippen LogP contribution in [0, 0.1) is 6.92 Å². The molecule has 4 heteroatoms. The van der Waals surface area contributed by atoms with Gasteiger partial charge < -0.3 is 5.73 Å². The van der Waals surface area contributed by atoms with Gasteiger partial charge in [-0.1, -0.05) is 6.07 Å². The van der Waals surface area contributed by atoms with Gasteiger partial charge in [0.15, 0.2) is 0 Å². The van der Waals surface area contributed by atoms with Gasteiger partial charge in [-0.3, -0.25) is 4.98 Å². The third-order valence-electron chi connectivity index (χ3n) is 2.44. The first-order chi connectivity index (χ1) is 7.66. The molecule has 2 rings (SSSR count). The summed E-state index contributed by atoms with van der Waals surface area (Å²) >= 11 is 5.17. The highest BCUT2D eigenvalue weighted by Gasteiger charge is 2.11. The minimum Gasteiger partial charge on any atom is -0.322 e. The van der Waals surface area contributed by atoms with Gasteiger partial charge in [-0.05, 0) is 40.5 Å². The molecular formula is C12H13BrN2S. The standard InChI is InChI=1S/C12H13BrN2S/c1-8-3-2-4-15-12(8)11(14)6-10-5-9(13)7-16-10/h2-5,7,11H,6,14H2,1H3. The smallest absolute Gasteiger partial charge is 0.0603 e. The van der Waals surface area contributed by atoms with Gasteiger partial charge >= 0.3 is 0 Å². The molecule has 0 radical (unpaired) electrons. The number of aromatic nitrogens is 1. The van der Waals surface area contributed by atoms with E-state index in [1.54, 1.807) is 17.5 Å². The fourth-order valence-electron chi connectivity index (χ4n) is 1.66. The molecule has 0 aromatic carbocycles. The monoisotopic (exact) mass is 296 g/mol. The van der Waals surface area contributed by atoms with Crippen LogP contribution < -0.4 is 5.73 Å². The first kappa shape index (κ1) is 11.8. The molecule has 1 atom stereocenters. The molecule has 0 bridgehead atoms. The Morgan fingerprint density at radius 2 is 2.38 bits per heavy atom. The molecule has 16 heavy (non-hydrogen) atoms. The summed E-state index contributed by atoms with van der Waals surface area (Å²) in [6.45, 7) is 2.05. The van der Waals surface area contributed by atoms with Crippen LogP contribution in [0.4, 0.5) is 0 Å². The molecule has 0 fully saturated rings. The molecule has 2 aromatic heterocycles. The maximum atomic E-state index is 6.17. The van der Waals surface area contributed by atoms with Crippen molar-refractivity contribution in [2.24, 2.45) is 5.73 Å². The molecule has 0 aliphatic heterocycles. The zero-order valence-corrected chi connectivity index (χ0v) is 11.4. The summed E-state index contributed by atoms with van der Waals surface area (Å²) in [7, 11) is 0. The molecule has 84 valence electrons. The average Bonchev–Trinajstić information content (AvgIpc) is 2.64. The molecule has 2 aromatic rings. The second-order valence-electron chi connectivity index (χ2n) is 3.75. The first-order valence-electron chi connectivity index (χ1n) is 5.07. The lowest BCUT2D eigenvalue weighted by Gasteiger charge is -2.12. The molecule has 0 amide bonds. The van der Waals surface area contributed by atoms with Crippen molar-refractivity contribution in [2.75, 3.05) is 0 Å². The molecule has 2 heterocycles. The number of thiophene rings is 1. The molecule has 2 nitrogen and oxygen atoms in total. The maximum absolute atomic E-state index is 6.17. The summed E-state index contributed by atoms with van der Waals surface area (Å²) in [5, 5.41) is 2.08. The van der Waals surface area contributed by atoms with Crippen LogP contribution in [-0.4, -0.2) is 4.98 Å². The Labute approximate surface area is 108 Å². The Hall–Kier alpha value is -0.710. The van der Waals surface area contributed by atoms with Crippen molar-refractivity contribution in [1.29, 1.82) is 0 Å². The highest BCUT2D eigenvalue weighted by molar-refractivity contribution is 9.10. The Balaban J connectivity index is 2.14. The highest BCUT2D eigenvalue weighted by atomic mass is 79.9. The topological polar surface area (TPSA) is 38.9 Å². The second kappa shape index (κ2) is 5.08. The lowest BCUT2D eigenvalue weighted by molar-refractivity contribution is 0.697. The number of nitrogens with zero attached hydrogens (tertiary/aromatic N) is 1. The van der Waals surface area contributed by atoms with Gasteiger partial charge in [0, 0.05) is 27.3 Å². The van der Waals surface area contributed by atoms with Gasteiger partial charge in [-0.15, -0.1) is 11.3 Å². The third-order valence-corrected chi connectivity index (χ3v) is 4.16. The lowest BCUT2D eigenvalue weighted by atomic mass is 10.1. The molecular weight excluding hydrogens is 284 g/mol. The molecule has 0 saturated carbocycles. The molecule has 0 spiro atoms. The van der Waals surface area contributed by atoms with Crippen LogP contribution in [0.5, 0.6) is 0 Å². The van der Waals surface area contributed by atoms with E-state index in [2.05, 4.69) is 32.4 Å². The molecule has 1 unspecified atom stereocenters. The van der Waals surface area contributed by atoms with E-state index in [1.165, 1.54) is 4.88 Å². The largest absolute Gasteiger partial charge is 0.322 e.